The lowest BCUT2D eigenvalue weighted by Gasteiger charge is -2.05. The number of aromatic amines is 1. The first-order valence-corrected chi connectivity index (χ1v) is 8.65. The Kier molecular flexibility index (Phi) is 5.53. The van der Waals surface area contributed by atoms with Crippen LogP contribution in [0.3, 0.4) is 0 Å². The molecular weight excluding hydrogens is 379 g/mol. The zero-order chi connectivity index (χ0) is 17.8. The molecule has 0 amide bonds. The average Bonchev–Trinajstić information content (AvgIpc) is 2.98. The highest BCUT2D eigenvalue weighted by Crippen LogP contribution is 2.25. The van der Waals surface area contributed by atoms with Gasteiger partial charge in [0, 0.05) is 11.1 Å². The maximum Gasteiger partial charge on any atom is 0.216 e. The lowest BCUT2D eigenvalue weighted by Crippen LogP contribution is -1.96. The Hall–Kier alpha value is -2.15. The molecule has 3 aromatic rings. The Labute approximate surface area is 159 Å². The smallest absolute Gasteiger partial charge is 0.216 e. The van der Waals surface area contributed by atoms with Crippen molar-refractivity contribution in [1.29, 1.82) is 0 Å². The maximum atomic E-state index is 6.19. The lowest BCUT2D eigenvalue weighted by atomic mass is 10.2. The van der Waals surface area contributed by atoms with E-state index in [9.17, 15) is 0 Å². The topological polar surface area (TPSA) is 55.2 Å². The monoisotopic (exact) mass is 392 g/mol. The van der Waals surface area contributed by atoms with Crippen LogP contribution in [0.25, 0.3) is 11.4 Å². The molecule has 3 rings (SSSR count). The van der Waals surface area contributed by atoms with E-state index in [1.54, 1.807) is 18.3 Å². The summed E-state index contributed by atoms with van der Waals surface area (Å²) in [4.78, 5) is 0. The summed E-state index contributed by atoms with van der Waals surface area (Å²) in [7, 11) is 0. The van der Waals surface area contributed by atoms with Crippen molar-refractivity contribution in [2.24, 2.45) is 5.10 Å². The summed E-state index contributed by atoms with van der Waals surface area (Å²) in [6, 6.07) is 12.9. The van der Waals surface area contributed by atoms with Gasteiger partial charge < -0.3 is 4.74 Å². The highest BCUT2D eigenvalue weighted by molar-refractivity contribution is 7.71. The van der Waals surface area contributed by atoms with Crippen molar-refractivity contribution < 1.29 is 4.74 Å². The van der Waals surface area contributed by atoms with Crippen LogP contribution in [-0.4, -0.2) is 27.7 Å². The first-order valence-electron chi connectivity index (χ1n) is 7.49. The molecular formula is C17H14Cl2N4OS. The number of nitrogens with one attached hydrogen (secondary N) is 1. The van der Waals surface area contributed by atoms with E-state index < -0.39 is 0 Å². The molecule has 0 unspecified atom stereocenters. The molecule has 0 spiro atoms. The van der Waals surface area contributed by atoms with Gasteiger partial charge in [0.2, 0.25) is 4.77 Å². The van der Waals surface area contributed by atoms with Crippen molar-refractivity contribution >= 4 is 41.6 Å². The Balaban J connectivity index is 2.00. The van der Waals surface area contributed by atoms with Crippen molar-refractivity contribution in [3.8, 4) is 17.1 Å². The van der Waals surface area contributed by atoms with Gasteiger partial charge in [-0.1, -0.05) is 47.5 Å². The normalized spacial score (nSPS) is 11.2. The van der Waals surface area contributed by atoms with Gasteiger partial charge in [0.05, 0.1) is 22.9 Å². The average molecular weight is 393 g/mol. The number of benzene rings is 2. The fourth-order valence-corrected chi connectivity index (χ4v) is 2.75. The molecule has 1 heterocycles. The van der Waals surface area contributed by atoms with Crippen LogP contribution in [0, 0.1) is 4.77 Å². The minimum Gasteiger partial charge on any atom is -0.494 e. The van der Waals surface area contributed by atoms with Crippen molar-refractivity contribution in [3.63, 3.8) is 0 Å². The SMILES string of the molecule is CCOc1cccc(-c2n[nH]c(=S)n2/N=C/c2cccc(Cl)c2Cl)c1. The molecule has 0 radical (unpaired) electrons. The highest BCUT2D eigenvalue weighted by atomic mass is 35.5. The van der Waals surface area contributed by atoms with E-state index in [1.165, 1.54) is 4.68 Å². The van der Waals surface area contributed by atoms with Gasteiger partial charge in [0.1, 0.15) is 5.75 Å². The van der Waals surface area contributed by atoms with E-state index in [2.05, 4.69) is 15.3 Å². The van der Waals surface area contributed by atoms with Gasteiger partial charge in [-0.25, -0.2) is 5.10 Å². The van der Waals surface area contributed by atoms with Crippen molar-refractivity contribution in [2.45, 2.75) is 6.92 Å². The minimum atomic E-state index is 0.367. The van der Waals surface area contributed by atoms with Gasteiger partial charge in [-0.3, -0.25) is 0 Å². The second-order valence-electron chi connectivity index (χ2n) is 5.01. The van der Waals surface area contributed by atoms with E-state index in [0.29, 0.717) is 32.8 Å². The highest BCUT2D eigenvalue weighted by Gasteiger charge is 2.09. The fourth-order valence-electron chi connectivity index (χ4n) is 2.22. The van der Waals surface area contributed by atoms with Crippen LogP contribution in [0.15, 0.2) is 47.6 Å². The summed E-state index contributed by atoms with van der Waals surface area (Å²) in [5.74, 6) is 1.32. The molecule has 0 bridgehead atoms. The molecule has 0 aliphatic rings. The molecule has 1 aromatic heterocycles. The standard InChI is InChI=1S/C17H14Cl2N4OS/c1-2-24-13-7-3-5-11(9-13)16-21-22-17(25)23(16)20-10-12-6-4-8-14(18)15(12)19/h3-10H,2H2,1H3,(H,22,25)/b20-10+. The number of ether oxygens (including phenoxy) is 1. The van der Waals surface area contributed by atoms with Gasteiger partial charge in [-0.2, -0.15) is 14.9 Å². The minimum absolute atomic E-state index is 0.367. The number of hydrogen-bond acceptors (Lipinski definition) is 4. The summed E-state index contributed by atoms with van der Waals surface area (Å²) in [5.41, 5.74) is 1.51. The molecule has 2 aromatic carbocycles. The Morgan fingerprint density at radius 1 is 1.28 bits per heavy atom. The number of halogens is 2. The first-order chi connectivity index (χ1) is 12.1. The molecule has 5 nitrogen and oxygen atoms in total. The van der Waals surface area contributed by atoms with Gasteiger partial charge in [-0.05, 0) is 37.3 Å². The van der Waals surface area contributed by atoms with E-state index in [1.807, 2.05) is 37.3 Å². The Morgan fingerprint density at radius 2 is 2.08 bits per heavy atom. The van der Waals surface area contributed by atoms with E-state index >= 15 is 0 Å². The Bertz CT molecular complexity index is 981. The molecule has 128 valence electrons. The van der Waals surface area contributed by atoms with Gasteiger partial charge in [0.25, 0.3) is 0 Å². The van der Waals surface area contributed by atoms with Gasteiger partial charge in [-0.15, -0.1) is 0 Å². The number of H-pyrrole nitrogens is 1. The van der Waals surface area contributed by atoms with Crippen LogP contribution in [0.5, 0.6) is 5.75 Å². The molecule has 0 aliphatic heterocycles. The van der Waals surface area contributed by atoms with E-state index in [-0.39, 0.29) is 0 Å². The molecule has 0 fully saturated rings. The summed E-state index contributed by atoms with van der Waals surface area (Å²) in [6.07, 6.45) is 1.59. The largest absolute Gasteiger partial charge is 0.494 e. The fraction of sp³-hybridized carbons (Fsp3) is 0.118. The molecule has 0 aliphatic carbocycles. The quantitative estimate of drug-likeness (QED) is 0.479. The van der Waals surface area contributed by atoms with Crippen LogP contribution in [-0.2, 0) is 0 Å². The molecule has 0 atom stereocenters. The third-order valence-corrected chi connectivity index (χ3v) is 4.45. The van der Waals surface area contributed by atoms with Crippen LogP contribution in [0.1, 0.15) is 12.5 Å². The van der Waals surface area contributed by atoms with Crippen molar-refractivity contribution in [1.82, 2.24) is 14.9 Å². The van der Waals surface area contributed by atoms with Gasteiger partial charge in [0.15, 0.2) is 5.82 Å². The predicted octanol–water partition coefficient (Wildman–Crippen LogP) is 5.20. The summed E-state index contributed by atoms with van der Waals surface area (Å²) in [6.45, 7) is 2.52. The lowest BCUT2D eigenvalue weighted by molar-refractivity contribution is 0.340. The number of rotatable bonds is 5. The van der Waals surface area contributed by atoms with Crippen LogP contribution < -0.4 is 4.74 Å². The summed E-state index contributed by atoms with van der Waals surface area (Å²) >= 11 is 17.5. The first kappa shape index (κ1) is 17.7. The third kappa shape index (κ3) is 3.92. The molecule has 8 heteroatoms. The summed E-state index contributed by atoms with van der Waals surface area (Å²) in [5, 5.41) is 12.3. The predicted molar refractivity (Wildman–Crippen MR) is 103 cm³/mol. The number of nitrogens with zero attached hydrogens (tertiary/aromatic N) is 3. The Morgan fingerprint density at radius 3 is 2.88 bits per heavy atom. The molecule has 25 heavy (non-hydrogen) atoms. The molecule has 0 saturated carbocycles. The van der Waals surface area contributed by atoms with Crippen LogP contribution >= 0.6 is 35.4 Å². The maximum absolute atomic E-state index is 6.19. The number of hydrogen-bond donors (Lipinski definition) is 1. The zero-order valence-electron chi connectivity index (χ0n) is 13.2. The van der Waals surface area contributed by atoms with Crippen LogP contribution in [0.4, 0.5) is 0 Å². The van der Waals surface area contributed by atoms with Crippen molar-refractivity contribution in [2.75, 3.05) is 6.61 Å². The number of aromatic nitrogens is 3. The van der Waals surface area contributed by atoms with Gasteiger partial charge >= 0.3 is 0 Å². The zero-order valence-corrected chi connectivity index (χ0v) is 15.6. The molecule has 1 N–H and O–H groups in total. The van der Waals surface area contributed by atoms with Crippen LogP contribution in [0.2, 0.25) is 10.0 Å². The van der Waals surface area contributed by atoms with E-state index in [4.69, 9.17) is 40.2 Å². The second-order valence-corrected chi connectivity index (χ2v) is 6.18. The second kappa shape index (κ2) is 7.82. The van der Waals surface area contributed by atoms with Crippen molar-refractivity contribution in [3.05, 3.63) is 62.8 Å². The third-order valence-electron chi connectivity index (χ3n) is 3.35. The summed E-state index contributed by atoms with van der Waals surface area (Å²) < 4.78 is 7.42. The van der Waals surface area contributed by atoms with E-state index in [0.717, 1.165) is 11.3 Å². The molecule has 0 saturated heterocycles.